The highest BCUT2D eigenvalue weighted by Gasteiger charge is 2.44. The van der Waals surface area contributed by atoms with Crippen molar-refractivity contribution in [2.75, 3.05) is 19.9 Å². The molecule has 4 heteroatoms. The van der Waals surface area contributed by atoms with Crippen LogP contribution in [0, 0.1) is 0 Å². The third-order valence-electron chi connectivity index (χ3n) is 6.30. The van der Waals surface area contributed by atoms with Crippen LogP contribution in [-0.2, 0) is 11.3 Å². The van der Waals surface area contributed by atoms with Crippen molar-refractivity contribution < 1.29 is 33.5 Å². The zero-order chi connectivity index (χ0) is 23.5. The third kappa shape index (κ3) is 7.16. The maximum Gasteiger partial charge on any atom is 0.118 e. The summed E-state index contributed by atoms with van der Waals surface area (Å²) in [6, 6.07) is 41.5. The summed E-state index contributed by atoms with van der Waals surface area (Å²) in [5.74, 6) is 0.880. The van der Waals surface area contributed by atoms with Crippen LogP contribution in [0.2, 0.25) is 0 Å². The van der Waals surface area contributed by atoms with E-state index < -0.39 is 7.26 Å². The molecule has 0 spiro atoms. The Kier molecular flexibility index (Phi) is 11.3. The fourth-order valence-electron chi connectivity index (χ4n) is 4.52. The number of benzene rings is 4. The van der Waals surface area contributed by atoms with Crippen LogP contribution in [0.1, 0.15) is 24.8 Å². The van der Waals surface area contributed by atoms with Crippen molar-refractivity contribution in [3.05, 3.63) is 121 Å². The van der Waals surface area contributed by atoms with Crippen molar-refractivity contribution in [1.82, 2.24) is 0 Å². The van der Waals surface area contributed by atoms with E-state index in [2.05, 4.69) is 103 Å². The van der Waals surface area contributed by atoms with E-state index >= 15 is 0 Å². The van der Waals surface area contributed by atoms with Gasteiger partial charge in [-0.25, -0.2) is 0 Å². The van der Waals surface area contributed by atoms with Gasteiger partial charge in [0, 0.05) is 6.61 Å². The Balaban J connectivity index is 0.00000342. The molecule has 182 valence electrons. The molecule has 0 bridgehead atoms. The van der Waals surface area contributed by atoms with Crippen molar-refractivity contribution in [3.8, 4) is 5.75 Å². The molecule has 0 saturated heterocycles. The lowest BCUT2D eigenvalue weighted by Crippen LogP contribution is -3.00. The predicted molar refractivity (Wildman–Crippen MR) is 147 cm³/mol. The topological polar surface area (TPSA) is 18.5 Å². The van der Waals surface area contributed by atoms with Gasteiger partial charge in [0.05, 0.1) is 19.9 Å². The minimum atomic E-state index is -1.72. The van der Waals surface area contributed by atoms with Crippen LogP contribution in [0.15, 0.2) is 115 Å². The Morgan fingerprint density at radius 1 is 0.571 bits per heavy atom. The van der Waals surface area contributed by atoms with Gasteiger partial charge in [-0.1, -0.05) is 66.7 Å². The Hall–Kier alpha value is -2.20. The second-order valence-corrected chi connectivity index (χ2v) is 12.1. The molecule has 0 aromatic heterocycles. The molecule has 4 rings (SSSR count). The first-order chi connectivity index (χ1) is 16.8. The van der Waals surface area contributed by atoms with Gasteiger partial charge in [0.25, 0.3) is 0 Å². The molecule has 0 atom stereocenters. The van der Waals surface area contributed by atoms with Gasteiger partial charge in [0.2, 0.25) is 0 Å². The molecule has 0 aliphatic rings. The number of ether oxygens (including phenoxy) is 2. The summed E-state index contributed by atoms with van der Waals surface area (Å²) in [6.07, 6.45) is 4.59. The van der Waals surface area contributed by atoms with Gasteiger partial charge in [0.1, 0.15) is 28.9 Å². The number of unbranched alkanes of at least 4 members (excludes halogenated alkanes) is 2. The van der Waals surface area contributed by atoms with E-state index in [0.717, 1.165) is 25.2 Å². The first-order valence-electron chi connectivity index (χ1n) is 12.1. The van der Waals surface area contributed by atoms with E-state index in [1.54, 1.807) is 7.11 Å². The maximum atomic E-state index is 5.95. The standard InChI is InChI=1S/C31H34O2P.HI/c1-32-28-22-20-27(21-23-28)26-33-24-12-5-13-25-34(29-14-6-2-7-15-29,30-16-8-3-9-17-30)31-18-10-4-11-19-31;/h2-4,6-11,14-23H,5,12-13,24-26H2,1H3;1H/q+1;/p-1. The van der Waals surface area contributed by atoms with Crippen LogP contribution in [-0.4, -0.2) is 19.9 Å². The molecule has 0 radical (unpaired) electrons. The number of rotatable bonds is 12. The summed E-state index contributed by atoms with van der Waals surface area (Å²) in [5, 5.41) is 4.38. The highest BCUT2D eigenvalue weighted by molar-refractivity contribution is 7.95. The second kappa shape index (κ2) is 14.4. The Labute approximate surface area is 228 Å². The third-order valence-corrected chi connectivity index (χ3v) is 10.8. The van der Waals surface area contributed by atoms with E-state index in [4.69, 9.17) is 9.47 Å². The van der Waals surface area contributed by atoms with Crippen LogP contribution >= 0.6 is 7.26 Å². The molecule has 4 aromatic rings. The summed E-state index contributed by atoms with van der Waals surface area (Å²) in [4.78, 5) is 0. The number of hydrogen-bond acceptors (Lipinski definition) is 2. The van der Waals surface area contributed by atoms with Gasteiger partial charge >= 0.3 is 0 Å². The van der Waals surface area contributed by atoms with Gasteiger partial charge in [0.15, 0.2) is 0 Å². The number of hydrogen-bond donors (Lipinski definition) is 0. The summed E-state index contributed by atoms with van der Waals surface area (Å²) in [6.45, 7) is 1.44. The molecule has 0 N–H and O–H groups in total. The highest BCUT2D eigenvalue weighted by atomic mass is 127. The zero-order valence-corrected chi connectivity index (χ0v) is 23.4. The second-order valence-electron chi connectivity index (χ2n) is 8.50. The summed E-state index contributed by atoms with van der Waals surface area (Å²) in [7, 11) is -0.0268. The fourth-order valence-corrected chi connectivity index (χ4v) is 8.93. The minimum absolute atomic E-state index is 0. The van der Waals surface area contributed by atoms with Gasteiger partial charge in [-0.2, -0.15) is 0 Å². The van der Waals surface area contributed by atoms with Crippen LogP contribution in [0.5, 0.6) is 5.75 Å². The molecular formula is C31H34IO2P. The maximum absolute atomic E-state index is 5.95. The average Bonchev–Trinajstić information content (AvgIpc) is 2.92. The van der Waals surface area contributed by atoms with E-state index in [1.807, 2.05) is 12.1 Å². The van der Waals surface area contributed by atoms with Crippen molar-refractivity contribution in [2.24, 2.45) is 0 Å². The largest absolute Gasteiger partial charge is 1.00 e. The van der Waals surface area contributed by atoms with Crippen LogP contribution in [0.25, 0.3) is 0 Å². The molecule has 0 heterocycles. The monoisotopic (exact) mass is 596 g/mol. The van der Waals surface area contributed by atoms with Crippen molar-refractivity contribution in [1.29, 1.82) is 0 Å². The summed E-state index contributed by atoms with van der Waals surface area (Å²) < 4.78 is 11.2. The van der Waals surface area contributed by atoms with Gasteiger partial charge in [-0.3, -0.25) is 0 Å². The lowest BCUT2D eigenvalue weighted by atomic mass is 10.2. The fraction of sp³-hybridized carbons (Fsp3) is 0.226. The Morgan fingerprint density at radius 2 is 1.06 bits per heavy atom. The zero-order valence-electron chi connectivity index (χ0n) is 20.4. The van der Waals surface area contributed by atoms with E-state index in [9.17, 15) is 0 Å². The highest BCUT2D eigenvalue weighted by Crippen LogP contribution is 2.55. The van der Waals surface area contributed by atoms with Crippen LogP contribution in [0.3, 0.4) is 0 Å². The van der Waals surface area contributed by atoms with Crippen molar-refractivity contribution in [2.45, 2.75) is 25.9 Å². The molecular weight excluding hydrogens is 562 g/mol. The van der Waals surface area contributed by atoms with Gasteiger partial charge < -0.3 is 33.5 Å². The molecule has 0 amide bonds. The molecule has 0 aliphatic carbocycles. The van der Waals surface area contributed by atoms with Crippen LogP contribution < -0.4 is 44.6 Å². The molecule has 2 nitrogen and oxygen atoms in total. The lowest BCUT2D eigenvalue weighted by Gasteiger charge is -2.27. The first-order valence-corrected chi connectivity index (χ1v) is 14.1. The normalized spacial score (nSPS) is 11.0. The van der Waals surface area contributed by atoms with E-state index in [1.165, 1.54) is 34.1 Å². The lowest BCUT2D eigenvalue weighted by molar-refractivity contribution is -0.00000757. The van der Waals surface area contributed by atoms with Crippen molar-refractivity contribution in [3.63, 3.8) is 0 Å². The SMILES string of the molecule is COc1ccc(COCCCCC[P+](c2ccccc2)(c2ccccc2)c2ccccc2)cc1.[I-]. The van der Waals surface area contributed by atoms with E-state index in [-0.39, 0.29) is 24.0 Å². The molecule has 35 heavy (non-hydrogen) atoms. The predicted octanol–water partition coefficient (Wildman–Crippen LogP) is 3.38. The summed E-state index contributed by atoms with van der Waals surface area (Å²) >= 11 is 0. The molecule has 0 unspecified atom stereocenters. The van der Waals surface area contributed by atoms with Gasteiger partial charge in [-0.05, 0) is 73.4 Å². The first kappa shape index (κ1) is 27.4. The average molecular weight is 596 g/mol. The van der Waals surface area contributed by atoms with Crippen LogP contribution in [0.4, 0.5) is 0 Å². The molecule has 0 fully saturated rings. The molecule has 0 aliphatic heterocycles. The Bertz CT molecular complexity index is 1010. The number of methoxy groups -OCH3 is 1. The smallest absolute Gasteiger partial charge is 0.118 e. The number of halogens is 1. The molecule has 0 saturated carbocycles. The van der Waals surface area contributed by atoms with Crippen molar-refractivity contribution >= 4 is 23.2 Å². The summed E-state index contributed by atoms with van der Waals surface area (Å²) in [5.41, 5.74) is 1.18. The molecule has 4 aromatic carbocycles. The minimum Gasteiger partial charge on any atom is -1.00 e. The van der Waals surface area contributed by atoms with Gasteiger partial charge in [-0.15, -0.1) is 0 Å². The Morgan fingerprint density at radius 3 is 1.51 bits per heavy atom. The quantitative estimate of drug-likeness (QED) is 0.142. The van der Waals surface area contributed by atoms with E-state index in [0.29, 0.717) is 6.61 Å².